The topological polar surface area (TPSA) is 24.7 Å². The average molecular weight is 232 g/mol. The number of hydrogen-bond acceptors (Lipinski definition) is 2. The lowest BCUT2D eigenvalue weighted by Crippen LogP contribution is -2.21. The van der Waals surface area contributed by atoms with Crippen LogP contribution < -0.4 is 0 Å². The lowest BCUT2D eigenvalue weighted by Gasteiger charge is -2.10. The van der Waals surface area contributed by atoms with E-state index in [1.54, 1.807) is 0 Å². The summed E-state index contributed by atoms with van der Waals surface area (Å²) in [5.74, 6) is 0. The van der Waals surface area contributed by atoms with E-state index >= 15 is 0 Å². The van der Waals surface area contributed by atoms with Crippen molar-refractivity contribution in [1.82, 2.24) is 0 Å². The molecular weight excluding hydrogens is 229 g/mol. The Bertz CT molecular complexity index is 290. The number of nitrogens with zero attached hydrogens (tertiary/aromatic N) is 2. The first-order valence-corrected chi connectivity index (χ1v) is 3.98. The first kappa shape index (κ1) is 12.5. The van der Waals surface area contributed by atoms with Crippen molar-refractivity contribution >= 4 is 10.0 Å². The normalized spacial score (nSPS) is 17.8. The van der Waals surface area contributed by atoms with Gasteiger partial charge in [0, 0.05) is 7.05 Å². The van der Waals surface area contributed by atoms with Crippen molar-refractivity contribution in [2.75, 3.05) is 7.05 Å². The van der Waals surface area contributed by atoms with Gasteiger partial charge in [-0.2, -0.15) is 13.2 Å². The largest absolute Gasteiger partial charge is 0.512 e. The molecule has 0 saturated carbocycles. The third-order valence-electron chi connectivity index (χ3n) is 0.761. The van der Waals surface area contributed by atoms with Crippen molar-refractivity contribution < 1.29 is 30.2 Å². The van der Waals surface area contributed by atoms with E-state index < -0.39 is 21.8 Å². The third kappa shape index (κ3) is 3.36. The van der Waals surface area contributed by atoms with Gasteiger partial charge >= 0.3 is 11.8 Å². The standard InChI is InChI=1S/C3H3F7N2S/c1-11-13(10,3(7,8)9)12-2(4,5)6/h1H3. The smallest absolute Gasteiger partial charge is 0.223 e. The molecular formula is C3H3F7N2S. The Morgan fingerprint density at radius 1 is 1.00 bits per heavy atom. The fraction of sp³-hybridized carbons (Fsp3) is 1.00. The highest BCUT2D eigenvalue weighted by atomic mass is 32.2. The molecule has 0 saturated heterocycles. The number of rotatable bonds is 0. The minimum Gasteiger partial charge on any atom is -0.223 e. The Labute approximate surface area is 68.9 Å². The van der Waals surface area contributed by atoms with Gasteiger partial charge in [0.1, 0.15) is 0 Å². The van der Waals surface area contributed by atoms with Crippen molar-refractivity contribution in [1.29, 1.82) is 0 Å². The molecule has 0 aliphatic heterocycles. The monoisotopic (exact) mass is 232 g/mol. The van der Waals surface area contributed by atoms with Crippen LogP contribution in [0.5, 0.6) is 0 Å². The zero-order valence-corrected chi connectivity index (χ0v) is 6.76. The summed E-state index contributed by atoms with van der Waals surface area (Å²) in [6, 6.07) is 0. The Morgan fingerprint density at radius 2 is 1.38 bits per heavy atom. The lowest BCUT2D eigenvalue weighted by molar-refractivity contribution is -0.120. The van der Waals surface area contributed by atoms with E-state index in [2.05, 4.69) is 0 Å². The molecule has 1 unspecified atom stereocenters. The van der Waals surface area contributed by atoms with Crippen LogP contribution in [0, 0.1) is 0 Å². The summed E-state index contributed by atoms with van der Waals surface area (Å²) in [4.78, 5) is 0. The second-order valence-corrected chi connectivity index (χ2v) is 3.64. The van der Waals surface area contributed by atoms with E-state index in [1.165, 1.54) is 0 Å². The number of halogens is 7. The number of alkyl halides is 6. The van der Waals surface area contributed by atoms with Crippen molar-refractivity contribution in [2.45, 2.75) is 11.8 Å². The minimum absolute atomic E-state index is 0.290. The Hall–Kier alpha value is -0.540. The predicted octanol–water partition coefficient (Wildman–Crippen LogP) is 3.06. The molecule has 0 aromatic rings. The summed E-state index contributed by atoms with van der Waals surface area (Å²) < 4.78 is 84.3. The summed E-state index contributed by atoms with van der Waals surface area (Å²) >= 11 is 0. The zero-order chi connectivity index (χ0) is 10.9. The van der Waals surface area contributed by atoms with Crippen molar-refractivity contribution in [2.24, 2.45) is 8.73 Å². The van der Waals surface area contributed by atoms with E-state index in [0.29, 0.717) is 0 Å². The molecule has 0 rings (SSSR count). The Kier molecular flexibility index (Phi) is 3.17. The summed E-state index contributed by atoms with van der Waals surface area (Å²) in [6.07, 6.45) is -5.58. The fourth-order valence-electron chi connectivity index (χ4n) is 0.333. The maximum absolute atomic E-state index is 12.4. The summed E-state index contributed by atoms with van der Waals surface area (Å²) in [6.45, 7) is 0. The van der Waals surface area contributed by atoms with Gasteiger partial charge < -0.3 is 0 Å². The lowest BCUT2D eigenvalue weighted by atomic mass is 11.3. The molecule has 0 fully saturated rings. The van der Waals surface area contributed by atoms with Gasteiger partial charge in [0.2, 0.25) is 10.0 Å². The quantitative estimate of drug-likeness (QED) is 0.453. The van der Waals surface area contributed by atoms with Gasteiger partial charge in [-0.25, -0.2) is 4.36 Å². The molecule has 0 N–H and O–H groups in total. The van der Waals surface area contributed by atoms with E-state index in [-0.39, 0.29) is 7.05 Å². The molecule has 2 nitrogen and oxygen atoms in total. The second kappa shape index (κ2) is 3.31. The molecule has 0 aromatic carbocycles. The highest BCUT2D eigenvalue weighted by Crippen LogP contribution is 2.33. The van der Waals surface area contributed by atoms with Crippen LogP contribution in [0.2, 0.25) is 0 Å². The van der Waals surface area contributed by atoms with Gasteiger partial charge in [0.25, 0.3) is 0 Å². The molecule has 0 bridgehead atoms. The molecule has 13 heavy (non-hydrogen) atoms. The maximum Gasteiger partial charge on any atom is 0.512 e. The van der Waals surface area contributed by atoms with Crippen LogP contribution in [0.3, 0.4) is 0 Å². The molecule has 0 radical (unpaired) electrons. The Morgan fingerprint density at radius 3 is 1.46 bits per heavy atom. The van der Waals surface area contributed by atoms with Gasteiger partial charge in [-0.1, -0.05) is 0 Å². The summed E-state index contributed by atoms with van der Waals surface area (Å²) in [7, 11) is -5.54. The molecule has 1 atom stereocenters. The van der Waals surface area contributed by atoms with E-state index in [1.807, 2.05) is 4.36 Å². The molecule has 0 amide bonds. The van der Waals surface area contributed by atoms with E-state index in [9.17, 15) is 30.2 Å². The van der Waals surface area contributed by atoms with Crippen LogP contribution >= 0.6 is 0 Å². The maximum atomic E-state index is 12.4. The van der Waals surface area contributed by atoms with Gasteiger partial charge in [-0.15, -0.1) is 21.4 Å². The van der Waals surface area contributed by atoms with Crippen LogP contribution in [-0.2, 0) is 10.0 Å². The van der Waals surface area contributed by atoms with Gasteiger partial charge in [0.05, 0.1) is 0 Å². The van der Waals surface area contributed by atoms with Crippen molar-refractivity contribution in [3.63, 3.8) is 0 Å². The molecule has 0 spiro atoms. The third-order valence-corrected chi connectivity index (χ3v) is 2.28. The van der Waals surface area contributed by atoms with Crippen LogP contribution in [0.25, 0.3) is 0 Å². The first-order valence-electron chi connectivity index (χ1n) is 2.53. The van der Waals surface area contributed by atoms with Crippen molar-refractivity contribution in [3.8, 4) is 0 Å². The molecule has 0 aromatic heterocycles. The van der Waals surface area contributed by atoms with Crippen LogP contribution in [-0.4, -0.2) is 18.9 Å². The number of hydrogen-bond donors (Lipinski definition) is 0. The van der Waals surface area contributed by atoms with Gasteiger partial charge in [-0.05, 0) is 0 Å². The highest BCUT2D eigenvalue weighted by molar-refractivity contribution is 7.91. The predicted molar refractivity (Wildman–Crippen MR) is 31.4 cm³/mol. The molecule has 0 aliphatic rings. The summed E-state index contributed by atoms with van der Waals surface area (Å²) in [5.41, 5.74) is -5.72. The van der Waals surface area contributed by atoms with E-state index in [0.717, 1.165) is 4.36 Å². The second-order valence-electron chi connectivity index (χ2n) is 1.67. The SMILES string of the molecule is CN=S(F)(=NC(F)(F)F)C(F)(F)F. The fourth-order valence-corrected chi connectivity index (χ4v) is 1.000. The Balaban J connectivity index is 5.50. The molecule has 80 valence electrons. The van der Waals surface area contributed by atoms with Crippen LogP contribution in [0.1, 0.15) is 0 Å². The van der Waals surface area contributed by atoms with Crippen LogP contribution in [0.15, 0.2) is 8.73 Å². The summed E-state index contributed by atoms with van der Waals surface area (Å²) in [5, 5.41) is 0. The van der Waals surface area contributed by atoms with E-state index in [4.69, 9.17) is 0 Å². The minimum atomic E-state index is -5.83. The average Bonchev–Trinajstić information content (AvgIpc) is 1.81. The first-order chi connectivity index (χ1) is 5.52. The molecule has 0 aliphatic carbocycles. The highest BCUT2D eigenvalue weighted by Gasteiger charge is 2.45. The molecule has 10 heteroatoms. The van der Waals surface area contributed by atoms with Crippen LogP contribution in [0.4, 0.5) is 30.2 Å². The van der Waals surface area contributed by atoms with Gasteiger partial charge in [-0.3, -0.25) is 0 Å². The van der Waals surface area contributed by atoms with Gasteiger partial charge in [0.15, 0.2) is 0 Å². The molecule has 0 heterocycles. The zero-order valence-electron chi connectivity index (χ0n) is 5.95. The van der Waals surface area contributed by atoms with Crippen molar-refractivity contribution in [3.05, 3.63) is 0 Å².